The number of ketones is 1. The van der Waals surface area contributed by atoms with Crippen LogP contribution in [0.4, 0.5) is 10.1 Å². The highest BCUT2D eigenvalue weighted by atomic mass is 19.1. The smallest absolute Gasteiger partial charge is 0.168 e. The Bertz CT molecular complexity index is 663. The summed E-state index contributed by atoms with van der Waals surface area (Å²) in [4.78, 5) is 12.1. The zero-order valence-electron chi connectivity index (χ0n) is 13.1. The van der Waals surface area contributed by atoms with Crippen molar-refractivity contribution in [1.29, 1.82) is 0 Å². The van der Waals surface area contributed by atoms with E-state index in [1.807, 2.05) is 24.3 Å². The molecule has 3 nitrogen and oxygen atoms in total. The Labute approximate surface area is 135 Å². The van der Waals surface area contributed by atoms with E-state index in [4.69, 9.17) is 4.74 Å². The van der Waals surface area contributed by atoms with Gasteiger partial charge in [0, 0.05) is 16.9 Å². The standard InChI is InChI=1S/C19H20FNO2/c1-3-12-23-18-10-8-17(9-11-18)21-14(2)13-19(22)15-4-6-16(20)7-5-15/h4-11,21H,2-3,12-13H2,1H3. The zero-order valence-corrected chi connectivity index (χ0v) is 13.1. The molecule has 1 N–H and O–H groups in total. The van der Waals surface area contributed by atoms with Gasteiger partial charge in [0.15, 0.2) is 5.78 Å². The Hall–Kier alpha value is -2.62. The molecule has 0 fully saturated rings. The predicted octanol–water partition coefficient (Wildman–Crippen LogP) is 4.81. The van der Waals surface area contributed by atoms with Crippen molar-refractivity contribution in [3.05, 3.63) is 72.2 Å². The molecule has 0 aromatic heterocycles. The molecular weight excluding hydrogens is 293 g/mol. The summed E-state index contributed by atoms with van der Waals surface area (Å²) in [5, 5.41) is 3.09. The molecule has 2 rings (SSSR count). The number of nitrogens with one attached hydrogen (secondary N) is 1. The Balaban J connectivity index is 1.88. The summed E-state index contributed by atoms with van der Waals surface area (Å²) in [6.07, 6.45) is 1.11. The number of anilines is 1. The summed E-state index contributed by atoms with van der Waals surface area (Å²) < 4.78 is 18.4. The molecule has 23 heavy (non-hydrogen) atoms. The lowest BCUT2D eigenvalue weighted by molar-refractivity contribution is 0.0993. The van der Waals surface area contributed by atoms with Gasteiger partial charge in [0.05, 0.1) is 13.0 Å². The Morgan fingerprint density at radius 1 is 1.13 bits per heavy atom. The number of hydrogen-bond acceptors (Lipinski definition) is 3. The van der Waals surface area contributed by atoms with Crippen molar-refractivity contribution in [3.8, 4) is 5.75 Å². The number of carbonyl (C=O) groups is 1. The molecule has 0 unspecified atom stereocenters. The number of benzene rings is 2. The van der Waals surface area contributed by atoms with Crippen LogP contribution in [-0.2, 0) is 0 Å². The number of allylic oxidation sites excluding steroid dienone is 1. The molecule has 120 valence electrons. The highest BCUT2D eigenvalue weighted by Gasteiger charge is 2.08. The highest BCUT2D eigenvalue weighted by Crippen LogP contribution is 2.18. The first-order valence-electron chi connectivity index (χ1n) is 7.55. The van der Waals surface area contributed by atoms with Gasteiger partial charge in [0.2, 0.25) is 0 Å². The molecule has 0 aliphatic rings. The van der Waals surface area contributed by atoms with Gasteiger partial charge in [-0.1, -0.05) is 13.5 Å². The number of carbonyl (C=O) groups excluding carboxylic acids is 1. The van der Waals surface area contributed by atoms with Crippen molar-refractivity contribution in [3.63, 3.8) is 0 Å². The number of hydrogen-bond donors (Lipinski definition) is 1. The second-order valence-corrected chi connectivity index (χ2v) is 5.21. The average Bonchev–Trinajstić information content (AvgIpc) is 2.54. The van der Waals surface area contributed by atoms with Gasteiger partial charge in [-0.25, -0.2) is 4.39 Å². The van der Waals surface area contributed by atoms with Crippen molar-refractivity contribution in [2.24, 2.45) is 0 Å². The molecule has 0 spiro atoms. The number of Topliss-reactive ketones (excluding diaryl/α,β-unsaturated/α-hetero) is 1. The van der Waals surface area contributed by atoms with Gasteiger partial charge in [0.1, 0.15) is 11.6 Å². The summed E-state index contributed by atoms with van der Waals surface area (Å²) in [7, 11) is 0. The lowest BCUT2D eigenvalue weighted by Gasteiger charge is -2.10. The molecule has 0 aliphatic heterocycles. The Kier molecular flexibility index (Phi) is 5.92. The summed E-state index contributed by atoms with van der Waals surface area (Å²) in [6, 6.07) is 13.0. The first kappa shape index (κ1) is 16.7. The number of ether oxygens (including phenoxy) is 1. The van der Waals surface area contributed by atoms with Gasteiger partial charge in [-0.15, -0.1) is 0 Å². The van der Waals surface area contributed by atoms with Crippen LogP contribution in [0.2, 0.25) is 0 Å². The molecule has 0 saturated carbocycles. The van der Waals surface area contributed by atoms with Crippen LogP contribution in [0.15, 0.2) is 60.8 Å². The average molecular weight is 313 g/mol. The van der Waals surface area contributed by atoms with E-state index in [0.29, 0.717) is 17.9 Å². The topological polar surface area (TPSA) is 38.3 Å². The van der Waals surface area contributed by atoms with Crippen LogP contribution in [0.1, 0.15) is 30.1 Å². The van der Waals surface area contributed by atoms with Gasteiger partial charge >= 0.3 is 0 Å². The second-order valence-electron chi connectivity index (χ2n) is 5.21. The Morgan fingerprint density at radius 2 is 1.78 bits per heavy atom. The minimum atomic E-state index is -0.358. The van der Waals surface area contributed by atoms with E-state index < -0.39 is 0 Å². The fourth-order valence-corrected chi connectivity index (χ4v) is 2.03. The zero-order chi connectivity index (χ0) is 16.7. The lowest BCUT2D eigenvalue weighted by atomic mass is 10.1. The van der Waals surface area contributed by atoms with E-state index in [-0.39, 0.29) is 18.0 Å². The van der Waals surface area contributed by atoms with E-state index in [2.05, 4.69) is 18.8 Å². The molecular formula is C19H20FNO2. The molecule has 2 aromatic carbocycles. The van der Waals surface area contributed by atoms with Crippen LogP contribution in [-0.4, -0.2) is 12.4 Å². The molecule has 4 heteroatoms. The number of rotatable bonds is 8. The molecule has 0 bridgehead atoms. The van der Waals surface area contributed by atoms with Crippen molar-refractivity contribution in [2.75, 3.05) is 11.9 Å². The maximum Gasteiger partial charge on any atom is 0.168 e. The fraction of sp³-hybridized carbons (Fsp3) is 0.211. The van der Waals surface area contributed by atoms with E-state index in [1.165, 1.54) is 24.3 Å². The molecule has 0 amide bonds. The van der Waals surface area contributed by atoms with Crippen LogP contribution >= 0.6 is 0 Å². The minimum absolute atomic E-state index is 0.106. The van der Waals surface area contributed by atoms with Crippen molar-refractivity contribution in [1.82, 2.24) is 0 Å². The Morgan fingerprint density at radius 3 is 2.39 bits per heavy atom. The highest BCUT2D eigenvalue weighted by molar-refractivity contribution is 5.97. The van der Waals surface area contributed by atoms with Gasteiger partial charge in [-0.2, -0.15) is 0 Å². The summed E-state index contributed by atoms with van der Waals surface area (Å²) in [5.41, 5.74) is 1.89. The fourth-order valence-electron chi connectivity index (χ4n) is 2.03. The first-order chi connectivity index (χ1) is 11.1. The monoisotopic (exact) mass is 313 g/mol. The number of halogens is 1. The molecule has 0 radical (unpaired) electrons. The second kappa shape index (κ2) is 8.13. The summed E-state index contributed by atoms with van der Waals surface area (Å²) >= 11 is 0. The van der Waals surface area contributed by atoms with Crippen LogP contribution in [0, 0.1) is 5.82 Å². The maximum atomic E-state index is 12.9. The van der Waals surface area contributed by atoms with Crippen molar-refractivity contribution in [2.45, 2.75) is 19.8 Å². The van der Waals surface area contributed by atoms with E-state index in [9.17, 15) is 9.18 Å². The quantitative estimate of drug-likeness (QED) is 0.711. The normalized spacial score (nSPS) is 10.2. The molecule has 0 heterocycles. The van der Waals surface area contributed by atoms with Crippen molar-refractivity contribution < 1.29 is 13.9 Å². The van der Waals surface area contributed by atoms with Gasteiger partial charge in [-0.05, 0) is 55.0 Å². The van der Waals surface area contributed by atoms with E-state index in [0.717, 1.165) is 17.9 Å². The minimum Gasteiger partial charge on any atom is -0.494 e. The van der Waals surface area contributed by atoms with Crippen LogP contribution < -0.4 is 10.1 Å². The van der Waals surface area contributed by atoms with Crippen LogP contribution in [0.5, 0.6) is 5.75 Å². The summed E-state index contributed by atoms with van der Waals surface area (Å²) in [5.74, 6) is 0.347. The largest absolute Gasteiger partial charge is 0.494 e. The van der Waals surface area contributed by atoms with E-state index >= 15 is 0 Å². The van der Waals surface area contributed by atoms with Gasteiger partial charge in [0.25, 0.3) is 0 Å². The molecule has 2 aromatic rings. The summed E-state index contributed by atoms with van der Waals surface area (Å²) in [6.45, 7) is 6.61. The lowest BCUT2D eigenvalue weighted by Crippen LogP contribution is -2.06. The van der Waals surface area contributed by atoms with Crippen LogP contribution in [0.3, 0.4) is 0 Å². The van der Waals surface area contributed by atoms with Crippen molar-refractivity contribution >= 4 is 11.5 Å². The molecule has 0 saturated heterocycles. The van der Waals surface area contributed by atoms with Gasteiger partial charge < -0.3 is 10.1 Å². The van der Waals surface area contributed by atoms with E-state index in [1.54, 1.807) is 0 Å². The van der Waals surface area contributed by atoms with Crippen LogP contribution in [0.25, 0.3) is 0 Å². The predicted molar refractivity (Wildman–Crippen MR) is 90.3 cm³/mol. The first-order valence-corrected chi connectivity index (χ1v) is 7.55. The maximum absolute atomic E-state index is 12.9. The molecule has 0 atom stereocenters. The molecule has 0 aliphatic carbocycles. The third-order valence-corrected chi connectivity index (χ3v) is 3.19. The van der Waals surface area contributed by atoms with Gasteiger partial charge in [-0.3, -0.25) is 4.79 Å². The SMILES string of the molecule is C=C(CC(=O)c1ccc(F)cc1)Nc1ccc(OCCC)cc1. The third kappa shape index (κ3) is 5.25. The third-order valence-electron chi connectivity index (χ3n) is 3.19.